The van der Waals surface area contributed by atoms with Crippen LogP contribution in [0, 0.1) is 0 Å². The quantitative estimate of drug-likeness (QED) is 0.751. The Morgan fingerprint density at radius 2 is 1.73 bits per heavy atom. The molecule has 4 rings (SSSR count). The van der Waals surface area contributed by atoms with Gasteiger partial charge in [-0.25, -0.2) is 9.59 Å². The molecule has 7 heteroatoms. The van der Waals surface area contributed by atoms with Gasteiger partial charge in [0.15, 0.2) is 5.60 Å². The molecule has 2 N–H and O–H groups in total. The summed E-state index contributed by atoms with van der Waals surface area (Å²) < 4.78 is 10.3. The number of nitrogens with one attached hydrogen (secondary N) is 1. The number of amides is 1. The van der Waals surface area contributed by atoms with Crippen LogP contribution in [0.4, 0.5) is 4.79 Å². The Kier molecular flexibility index (Phi) is 5.49. The maximum atomic E-state index is 12.6. The lowest BCUT2D eigenvalue weighted by Gasteiger charge is -2.41. The number of alkyl carbamates (subject to hydrolysis) is 1. The third-order valence-electron chi connectivity index (χ3n) is 6.12. The van der Waals surface area contributed by atoms with Gasteiger partial charge >= 0.3 is 12.1 Å². The van der Waals surface area contributed by atoms with Gasteiger partial charge in [-0.1, -0.05) is 48.5 Å². The number of likely N-dealkylation sites (N-methyl/N-ethyl adjacent to an activating group) is 1. The minimum atomic E-state index is -1.77. The maximum Gasteiger partial charge on any atom is 0.407 e. The smallest absolute Gasteiger partial charge is 0.407 e. The first-order valence-electron chi connectivity index (χ1n) is 10.0. The highest BCUT2D eigenvalue weighted by Crippen LogP contribution is 2.44. The van der Waals surface area contributed by atoms with Gasteiger partial charge in [-0.15, -0.1) is 0 Å². The van der Waals surface area contributed by atoms with E-state index in [0.29, 0.717) is 13.1 Å². The molecule has 0 radical (unpaired) electrons. The van der Waals surface area contributed by atoms with Crippen molar-refractivity contribution >= 4 is 12.1 Å². The van der Waals surface area contributed by atoms with Crippen LogP contribution in [0.5, 0.6) is 0 Å². The van der Waals surface area contributed by atoms with E-state index in [4.69, 9.17) is 9.47 Å². The number of aliphatic hydroxyl groups is 1. The Hall–Kier alpha value is -2.90. The van der Waals surface area contributed by atoms with Gasteiger partial charge in [0.05, 0.1) is 13.2 Å². The van der Waals surface area contributed by atoms with Crippen LogP contribution in [0.2, 0.25) is 0 Å². The van der Waals surface area contributed by atoms with Gasteiger partial charge in [0.1, 0.15) is 6.61 Å². The number of rotatable bonds is 4. The average molecular weight is 410 g/mol. The molecule has 2 aromatic rings. The van der Waals surface area contributed by atoms with E-state index in [9.17, 15) is 14.7 Å². The molecule has 7 nitrogen and oxygen atoms in total. The lowest BCUT2D eigenvalue weighted by Crippen LogP contribution is -2.65. The molecule has 0 bridgehead atoms. The number of fused-ring (bicyclic) bond motifs is 3. The normalized spacial score (nSPS) is 23.4. The monoisotopic (exact) mass is 410 g/mol. The number of methoxy groups -OCH3 is 1. The number of carbonyl (C=O) groups is 2. The van der Waals surface area contributed by atoms with Crippen LogP contribution in [0.3, 0.4) is 0 Å². The van der Waals surface area contributed by atoms with Crippen LogP contribution in [-0.2, 0) is 14.3 Å². The third kappa shape index (κ3) is 3.55. The highest BCUT2D eigenvalue weighted by Gasteiger charge is 2.49. The van der Waals surface area contributed by atoms with E-state index in [2.05, 4.69) is 17.4 Å². The number of piperidine rings is 1. The molecule has 2 atom stereocenters. The standard InChI is InChI=1S/C23H26N2O5/c1-25-12-11-23(28,21(26)29-2)20(13-25)24-22(27)30-14-19-17-9-5-3-7-15(17)16-8-4-6-10-18(16)19/h3-10,19-20,28H,11-14H2,1-2H3,(H,24,27). The molecule has 2 unspecified atom stereocenters. The Bertz CT molecular complexity index is 917. The van der Waals surface area contributed by atoms with Gasteiger partial charge in [0.25, 0.3) is 0 Å². The second-order valence-electron chi connectivity index (χ2n) is 7.95. The van der Waals surface area contributed by atoms with E-state index in [1.165, 1.54) is 7.11 Å². The van der Waals surface area contributed by atoms with Crippen LogP contribution in [0.1, 0.15) is 23.5 Å². The first-order chi connectivity index (χ1) is 14.4. The van der Waals surface area contributed by atoms with E-state index in [1.807, 2.05) is 48.3 Å². The first-order valence-corrected chi connectivity index (χ1v) is 10.0. The number of nitrogens with zero attached hydrogens (tertiary/aromatic N) is 1. The zero-order chi connectivity index (χ0) is 21.3. The molecule has 30 heavy (non-hydrogen) atoms. The van der Waals surface area contributed by atoms with Gasteiger partial charge in [-0.2, -0.15) is 0 Å². The number of hydrogen-bond acceptors (Lipinski definition) is 6. The molecule has 2 aliphatic rings. The summed E-state index contributed by atoms with van der Waals surface area (Å²) in [6.07, 6.45) is -0.496. The van der Waals surface area contributed by atoms with Gasteiger partial charge in [-0.3, -0.25) is 0 Å². The summed E-state index contributed by atoms with van der Waals surface area (Å²) in [5, 5.41) is 13.5. The number of likely N-dealkylation sites (tertiary alicyclic amines) is 1. The molecular weight excluding hydrogens is 384 g/mol. The molecule has 1 saturated heterocycles. The van der Waals surface area contributed by atoms with Gasteiger partial charge in [0.2, 0.25) is 0 Å². The maximum absolute atomic E-state index is 12.6. The molecular formula is C23H26N2O5. The molecule has 2 aromatic carbocycles. The van der Waals surface area contributed by atoms with Crippen molar-refractivity contribution < 1.29 is 24.2 Å². The first kappa shape index (κ1) is 20.4. The highest BCUT2D eigenvalue weighted by molar-refractivity contribution is 5.82. The molecule has 158 valence electrons. The summed E-state index contributed by atoms with van der Waals surface area (Å²) in [6.45, 7) is 1.00. The van der Waals surface area contributed by atoms with Crippen LogP contribution >= 0.6 is 0 Å². The van der Waals surface area contributed by atoms with E-state index >= 15 is 0 Å². The molecule has 1 aliphatic carbocycles. The predicted octanol–water partition coefficient (Wildman–Crippen LogP) is 2.13. The summed E-state index contributed by atoms with van der Waals surface area (Å²) >= 11 is 0. The Morgan fingerprint density at radius 1 is 1.13 bits per heavy atom. The van der Waals surface area contributed by atoms with Gasteiger partial charge in [-0.05, 0) is 29.3 Å². The highest BCUT2D eigenvalue weighted by atomic mass is 16.6. The molecule has 0 saturated carbocycles. The summed E-state index contributed by atoms with van der Waals surface area (Å²) in [4.78, 5) is 26.7. The Morgan fingerprint density at radius 3 is 2.33 bits per heavy atom. The van der Waals surface area contributed by atoms with Crippen molar-refractivity contribution in [1.29, 1.82) is 0 Å². The Labute approximate surface area is 175 Å². The topological polar surface area (TPSA) is 88.1 Å². The molecule has 1 heterocycles. The van der Waals surface area contributed by atoms with Crippen molar-refractivity contribution in [3.63, 3.8) is 0 Å². The van der Waals surface area contributed by atoms with E-state index in [-0.39, 0.29) is 18.9 Å². The number of carbonyl (C=O) groups excluding carboxylic acids is 2. The second kappa shape index (κ2) is 8.08. The van der Waals surface area contributed by atoms with Crippen LogP contribution in [-0.4, -0.2) is 67.6 Å². The fourth-order valence-electron chi connectivity index (χ4n) is 4.46. The third-order valence-corrected chi connectivity index (χ3v) is 6.12. The van der Waals surface area contributed by atoms with Crippen molar-refractivity contribution in [3.8, 4) is 11.1 Å². The van der Waals surface area contributed by atoms with Crippen molar-refractivity contribution in [2.75, 3.05) is 33.9 Å². The summed E-state index contributed by atoms with van der Waals surface area (Å²) in [5.41, 5.74) is 2.77. The zero-order valence-electron chi connectivity index (χ0n) is 17.1. The van der Waals surface area contributed by atoms with Crippen molar-refractivity contribution in [3.05, 3.63) is 59.7 Å². The zero-order valence-corrected chi connectivity index (χ0v) is 17.1. The van der Waals surface area contributed by atoms with Crippen LogP contribution < -0.4 is 5.32 Å². The fraction of sp³-hybridized carbons (Fsp3) is 0.391. The minimum absolute atomic E-state index is 0.0586. The Balaban J connectivity index is 1.47. The lowest BCUT2D eigenvalue weighted by atomic mass is 9.86. The predicted molar refractivity (Wildman–Crippen MR) is 111 cm³/mol. The van der Waals surface area contributed by atoms with Crippen molar-refractivity contribution in [2.45, 2.75) is 24.0 Å². The molecule has 1 aliphatic heterocycles. The average Bonchev–Trinajstić information content (AvgIpc) is 3.08. The number of esters is 1. The second-order valence-corrected chi connectivity index (χ2v) is 7.95. The van der Waals surface area contributed by atoms with E-state index in [1.54, 1.807) is 0 Å². The lowest BCUT2D eigenvalue weighted by molar-refractivity contribution is -0.170. The van der Waals surface area contributed by atoms with Crippen LogP contribution in [0.25, 0.3) is 11.1 Å². The SMILES string of the molecule is COC(=O)C1(O)CCN(C)CC1NC(=O)OCC1c2ccccc2-c2ccccc21. The summed E-state index contributed by atoms with van der Waals surface area (Å²) in [7, 11) is 3.09. The van der Waals surface area contributed by atoms with E-state index in [0.717, 1.165) is 22.3 Å². The largest absolute Gasteiger partial charge is 0.467 e. The van der Waals surface area contributed by atoms with Crippen LogP contribution in [0.15, 0.2) is 48.5 Å². The summed E-state index contributed by atoms with van der Waals surface area (Å²) in [6, 6.07) is 15.4. The van der Waals surface area contributed by atoms with Crippen molar-refractivity contribution in [1.82, 2.24) is 10.2 Å². The molecule has 1 fully saturated rings. The molecule has 0 aromatic heterocycles. The molecule has 0 spiro atoms. The van der Waals surface area contributed by atoms with E-state index < -0.39 is 23.7 Å². The summed E-state index contributed by atoms with van der Waals surface area (Å²) in [5.74, 6) is -0.809. The fourth-order valence-corrected chi connectivity index (χ4v) is 4.46. The molecule has 1 amide bonds. The number of hydrogen-bond donors (Lipinski definition) is 2. The number of benzene rings is 2. The van der Waals surface area contributed by atoms with Gasteiger partial charge in [0, 0.05) is 25.4 Å². The number of ether oxygens (including phenoxy) is 2. The van der Waals surface area contributed by atoms with Crippen molar-refractivity contribution in [2.24, 2.45) is 0 Å². The minimum Gasteiger partial charge on any atom is -0.467 e. The van der Waals surface area contributed by atoms with Gasteiger partial charge < -0.3 is 24.8 Å².